The first-order valence-electron chi connectivity index (χ1n) is 11.9. The van der Waals surface area contributed by atoms with Gasteiger partial charge in [-0.25, -0.2) is 4.79 Å². The molecule has 0 unspecified atom stereocenters. The van der Waals surface area contributed by atoms with Crippen LogP contribution in [0.15, 0.2) is 71.5 Å². The van der Waals surface area contributed by atoms with Crippen LogP contribution in [0, 0.1) is 6.92 Å². The number of hydrogen-bond donors (Lipinski definition) is 2. The Balaban J connectivity index is 1.60. The predicted molar refractivity (Wildman–Crippen MR) is 145 cm³/mol. The van der Waals surface area contributed by atoms with Gasteiger partial charge in [-0.3, -0.25) is 4.79 Å². The summed E-state index contributed by atoms with van der Waals surface area (Å²) in [5.41, 5.74) is 3.75. The second kappa shape index (κ2) is 11.5. The standard InChI is InChI=1S/C29H31N3O5/c1-19-5-11-25-21(15-19)17-22(28(33)31-25)18-32(29(34)30-23-7-9-24(35-2)10-8-23)14-13-20-6-12-26(36-3)27(16-20)37-4/h5-12,15-17H,13-14,18H2,1-4H3,(H,30,34)(H,31,33). The summed E-state index contributed by atoms with van der Waals surface area (Å²) in [6.07, 6.45) is 0.557. The normalized spacial score (nSPS) is 10.7. The Bertz CT molecular complexity index is 1450. The highest BCUT2D eigenvalue weighted by atomic mass is 16.5. The molecule has 0 radical (unpaired) electrons. The third-order valence-corrected chi connectivity index (χ3v) is 6.18. The van der Waals surface area contributed by atoms with Gasteiger partial charge >= 0.3 is 6.03 Å². The van der Waals surface area contributed by atoms with Crippen molar-refractivity contribution in [2.24, 2.45) is 0 Å². The molecular formula is C29H31N3O5. The quantitative estimate of drug-likeness (QED) is 0.331. The monoisotopic (exact) mass is 501 g/mol. The van der Waals surface area contributed by atoms with E-state index in [1.54, 1.807) is 50.5 Å². The van der Waals surface area contributed by atoms with Gasteiger partial charge in [-0.1, -0.05) is 17.7 Å². The number of aromatic amines is 1. The number of amides is 2. The first-order chi connectivity index (χ1) is 17.9. The lowest BCUT2D eigenvalue weighted by Gasteiger charge is -2.23. The molecule has 0 aliphatic heterocycles. The number of methoxy groups -OCH3 is 3. The Kier molecular flexibility index (Phi) is 7.98. The molecule has 0 aliphatic carbocycles. The number of aryl methyl sites for hydroxylation is 1. The van der Waals surface area contributed by atoms with Gasteiger partial charge in [0.25, 0.3) is 5.56 Å². The lowest BCUT2D eigenvalue weighted by atomic mass is 10.1. The second-order valence-corrected chi connectivity index (χ2v) is 8.73. The van der Waals surface area contributed by atoms with E-state index in [2.05, 4.69) is 10.3 Å². The number of nitrogens with zero attached hydrogens (tertiary/aromatic N) is 1. The SMILES string of the molecule is COc1ccc(NC(=O)N(CCc2ccc(OC)c(OC)c2)Cc2cc3cc(C)ccc3[nH]c2=O)cc1. The number of fused-ring (bicyclic) bond motifs is 1. The molecular weight excluding hydrogens is 470 g/mol. The van der Waals surface area contributed by atoms with Crippen LogP contribution in [0.3, 0.4) is 0 Å². The summed E-state index contributed by atoms with van der Waals surface area (Å²) >= 11 is 0. The number of carbonyl (C=O) groups excluding carboxylic acids is 1. The van der Waals surface area contributed by atoms with Gasteiger partial charge in [-0.2, -0.15) is 0 Å². The van der Waals surface area contributed by atoms with Crippen molar-refractivity contribution in [3.05, 3.63) is 93.8 Å². The van der Waals surface area contributed by atoms with E-state index in [4.69, 9.17) is 14.2 Å². The smallest absolute Gasteiger partial charge is 0.322 e. The van der Waals surface area contributed by atoms with Crippen molar-refractivity contribution in [2.75, 3.05) is 33.2 Å². The number of aromatic nitrogens is 1. The van der Waals surface area contributed by atoms with Crippen LogP contribution >= 0.6 is 0 Å². The second-order valence-electron chi connectivity index (χ2n) is 8.73. The molecule has 0 aliphatic rings. The lowest BCUT2D eigenvalue weighted by Crippen LogP contribution is -2.37. The first-order valence-corrected chi connectivity index (χ1v) is 11.9. The maximum absolute atomic E-state index is 13.4. The molecule has 1 aromatic heterocycles. The maximum atomic E-state index is 13.4. The minimum atomic E-state index is -0.311. The summed E-state index contributed by atoms with van der Waals surface area (Å²) < 4.78 is 15.9. The Morgan fingerprint density at radius 2 is 1.65 bits per heavy atom. The molecule has 192 valence electrons. The van der Waals surface area contributed by atoms with Crippen molar-refractivity contribution in [1.29, 1.82) is 0 Å². The van der Waals surface area contributed by atoms with Gasteiger partial charge in [0.2, 0.25) is 0 Å². The van der Waals surface area contributed by atoms with Gasteiger partial charge in [0, 0.05) is 23.3 Å². The molecule has 2 amide bonds. The molecule has 37 heavy (non-hydrogen) atoms. The van der Waals surface area contributed by atoms with Crippen LogP contribution in [0.5, 0.6) is 17.2 Å². The number of nitrogens with one attached hydrogen (secondary N) is 2. The van der Waals surface area contributed by atoms with Crippen LogP contribution in [0.2, 0.25) is 0 Å². The molecule has 0 bridgehead atoms. The Labute approximate surface area is 215 Å². The van der Waals surface area contributed by atoms with Crippen LogP contribution in [-0.2, 0) is 13.0 Å². The number of ether oxygens (including phenoxy) is 3. The van der Waals surface area contributed by atoms with Crippen LogP contribution in [0.4, 0.5) is 10.5 Å². The summed E-state index contributed by atoms with van der Waals surface area (Å²) in [6, 6.07) is 20.2. The summed E-state index contributed by atoms with van der Waals surface area (Å²) in [4.78, 5) is 30.8. The minimum absolute atomic E-state index is 0.147. The number of benzene rings is 3. The van der Waals surface area contributed by atoms with E-state index in [-0.39, 0.29) is 18.1 Å². The van der Waals surface area contributed by atoms with Crippen molar-refractivity contribution >= 4 is 22.6 Å². The number of hydrogen-bond acceptors (Lipinski definition) is 5. The van der Waals surface area contributed by atoms with E-state index in [1.165, 1.54) is 0 Å². The first kappa shape index (κ1) is 25.6. The van der Waals surface area contributed by atoms with E-state index in [0.29, 0.717) is 41.5 Å². The van der Waals surface area contributed by atoms with E-state index in [9.17, 15) is 9.59 Å². The van der Waals surface area contributed by atoms with E-state index in [0.717, 1.165) is 22.0 Å². The Hall–Kier alpha value is -4.46. The molecule has 8 heteroatoms. The third-order valence-electron chi connectivity index (χ3n) is 6.18. The zero-order valence-corrected chi connectivity index (χ0v) is 21.5. The van der Waals surface area contributed by atoms with Crippen LogP contribution in [0.25, 0.3) is 10.9 Å². The zero-order chi connectivity index (χ0) is 26.4. The fourth-order valence-electron chi connectivity index (χ4n) is 4.12. The average Bonchev–Trinajstić information content (AvgIpc) is 2.91. The Morgan fingerprint density at radius 3 is 2.35 bits per heavy atom. The van der Waals surface area contributed by atoms with Crippen molar-refractivity contribution in [2.45, 2.75) is 19.9 Å². The molecule has 0 spiro atoms. The van der Waals surface area contributed by atoms with E-state index >= 15 is 0 Å². The summed E-state index contributed by atoms with van der Waals surface area (Å²) in [7, 11) is 4.77. The summed E-state index contributed by atoms with van der Waals surface area (Å²) in [5.74, 6) is 1.95. The van der Waals surface area contributed by atoms with Crippen molar-refractivity contribution in [1.82, 2.24) is 9.88 Å². The molecule has 0 atom stereocenters. The number of rotatable bonds is 9. The number of pyridine rings is 1. The summed E-state index contributed by atoms with van der Waals surface area (Å²) in [6.45, 7) is 2.53. The van der Waals surface area contributed by atoms with Crippen LogP contribution in [0.1, 0.15) is 16.7 Å². The number of carbonyl (C=O) groups is 1. The highest BCUT2D eigenvalue weighted by molar-refractivity contribution is 5.89. The van der Waals surface area contributed by atoms with E-state index in [1.807, 2.05) is 49.4 Å². The zero-order valence-electron chi connectivity index (χ0n) is 21.5. The molecule has 1 heterocycles. The molecule has 0 saturated heterocycles. The largest absolute Gasteiger partial charge is 0.497 e. The fourth-order valence-corrected chi connectivity index (χ4v) is 4.12. The minimum Gasteiger partial charge on any atom is -0.497 e. The van der Waals surface area contributed by atoms with Gasteiger partial charge in [-0.15, -0.1) is 0 Å². The highest BCUT2D eigenvalue weighted by Crippen LogP contribution is 2.28. The van der Waals surface area contributed by atoms with Gasteiger partial charge in [0.1, 0.15) is 5.75 Å². The topological polar surface area (TPSA) is 92.9 Å². The number of urea groups is 1. The van der Waals surface area contributed by atoms with E-state index < -0.39 is 0 Å². The van der Waals surface area contributed by atoms with Gasteiger partial charge in [-0.05, 0) is 78.9 Å². The van der Waals surface area contributed by atoms with Gasteiger partial charge in [0.15, 0.2) is 11.5 Å². The molecule has 2 N–H and O–H groups in total. The predicted octanol–water partition coefficient (Wildman–Crippen LogP) is 5.14. The molecule has 0 fully saturated rings. The molecule has 4 rings (SSSR count). The Morgan fingerprint density at radius 1 is 0.892 bits per heavy atom. The van der Waals surface area contributed by atoms with Crippen molar-refractivity contribution in [3.8, 4) is 17.2 Å². The van der Waals surface area contributed by atoms with Crippen LogP contribution < -0.4 is 25.1 Å². The molecule has 3 aromatic carbocycles. The number of H-pyrrole nitrogens is 1. The van der Waals surface area contributed by atoms with Crippen molar-refractivity contribution in [3.63, 3.8) is 0 Å². The van der Waals surface area contributed by atoms with Crippen LogP contribution in [-0.4, -0.2) is 43.8 Å². The fraction of sp³-hybridized carbons (Fsp3) is 0.241. The van der Waals surface area contributed by atoms with Gasteiger partial charge < -0.3 is 29.4 Å². The molecule has 4 aromatic rings. The molecule has 8 nitrogen and oxygen atoms in total. The average molecular weight is 502 g/mol. The third kappa shape index (κ3) is 6.22. The maximum Gasteiger partial charge on any atom is 0.322 e. The van der Waals surface area contributed by atoms with Crippen molar-refractivity contribution < 1.29 is 19.0 Å². The number of anilines is 1. The lowest BCUT2D eigenvalue weighted by molar-refractivity contribution is 0.209. The summed E-state index contributed by atoms with van der Waals surface area (Å²) in [5, 5.41) is 3.85. The highest BCUT2D eigenvalue weighted by Gasteiger charge is 2.17. The van der Waals surface area contributed by atoms with Gasteiger partial charge in [0.05, 0.1) is 27.9 Å². The molecule has 0 saturated carbocycles.